The van der Waals surface area contributed by atoms with Gasteiger partial charge in [-0.05, 0) is 43.2 Å². The van der Waals surface area contributed by atoms with Gasteiger partial charge in [-0.2, -0.15) is 0 Å². The van der Waals surface area contributed by atoms with Gasteiger partial charge >= 0.3 is 0 Å². The van der Waals surface area contributed by atoms with Gasteiger partial charge < -0.3 is 5.32 Å². The molecule has 2 N–H and O–H groups in total. The zero-order chi connectivity index (χ0) is 19.4. The van der Waals surface area contributed by atoms with Crippen molar-refractivity contribution in [2.24, 2.45) is 0 Å². The fraction of sp³-hybridized carbons (Fsp3) is 0.316. The summed E-state index contributed by atoms with van der Waals surface area (Å²) in [5, 5.41) is 2.93. The Labute approximate surface area is 156 Å². The Balaban J connectivity index is 1.82. The van der Waals surface area contributed by atoms with Crippen LogP contribution in [0.5, 0.6) is 0 Å². The number of benzene rings is 2. The van der Waals surface area contributed by atoms with Crippen molar-refractivity contribution in [2.75, 3.05) is 4.72 Å². The average molecular weight is 394 g/mol. The van der Waals surface area contributed by atoms with Crippen molar-refractivity contribution in [3.8, 4) is 0 Å². The molecule has 1 saturated carbocycles. The number of halogens is 2. The zero-order valence-electron chi connectivity index (χ0n) is 14.5. The highest BCUT2D eigenvalue weighted by atomic mass is 32.2. The van der Waals surface area contributed by atoms with Gasteiger partial charge in [0.2, 0.25) is 0 Å². The molecule has 1 amide bonds. The summed E-state index contributed by atoms with van der Waals surface area (Å²) in [6.07, 6.45) is 5.05. The van der Waals surface area contributed by atoms with Gasteiger partial charge in [-0.25, -0.2) is 17.2 Å². The Morgan fingerprint density at radius 2 is 1.67 bits per heavy atom. The zero-order valence-corrected chi connectivity index (χ0v) is 15.4. The molecule has 2 aromatic rings. The first-order valence-corrected chi connectivity index (χ1v) is 10.2. The quantitative estimate of drug-likeness (QED) is 0.809. The molecular formula is C19H20F2N2O3S. The van der Waals surface area contributed by atoms with Crippen LogP contribution in [0.25, 0.3) is 0 Å². The number of amides is 1. The van der Waals surface area contributed by atoms with Gasteiger partial charge in [0, 0.05) is 6.04 Å². The largest absolute Gasteiger partial charge is 0.349 e. The molecule has 3 rings (SSSR count). The van der Waals surface area contributed by atoms with Gasteiger partial charge in [0.1, 0.15) is 0 Å². The topological polar surface area (TPSA) is 75.3 Å². The van der Waals surface area contributed by atoms with E-state index in [9.17, 15) is 22.0 Å². The van der Waals surface area contributed by atoms with Crippen LogP contribution in [0, 0.1) is 11.6 Å². The maximum absolute atomic E-state index is 13.4. The van der Waals surface area contributed by atoms with Crippen molar-refractivity contribution in [2.45, 2.75) is 43.0 Å². The van der Waals surface area contributed by atoms with Crippen molar-refractivity contribution in [1.29, 1.82) is 0 Å². The van der Waals surface area contributed by atoms with E-state index in [1.807, 2.05) is 0 Å². The predicted molar refractivity (Wildman–Crippen MR) is 97.9 cm³/mol. The van der Waals surface area contributed by atoms with Crippen LogP contribution >= 0.6 is 0 Å². The van der Waals surface area contributed by atoms with Crippen LogP contribution in [0.2, 0.25) is 0 Å². The number of carbonyl (C=O) groups is 1. The Kier molecular flexibility index (Phi) is 5.74. The molecule has 0 spiro atoms. The van der Waals surface area contributed by atoms with Gasteiger partial charge in [0.15, 0.2) is 11.6 Å². The summed E-state index contributed by atoms with van der Waals surface area (Å²) in [5.74, 6) is -2.77. The predicted octanol–water partition coefficient (Wildman–Crippen LogP) is 3.83. The molecule has 0 aromatic heterocycles. The van der Waals surface area contributed by atoms with Gasteiger partial charge in [0.25, 0.3) is 15.9 Å². The van der Waals surface area contributed by atoms with Crippen LogP contribution < -0.4 is 10.0 Å². The fourth-order valence-corrected chi connectivity index (χ4v) is 4.22. The second-order valence-corrected chi connectivity index (χ2v) is 8.22. The summed E-state index contributed by atoms with van der Waals surface area (Å²) in [6.45, 7) is 0. The first-order valence-electron chi connectivity index (χ1n) is 8.74. The summed E-state index contributed by atoms with van der Waals surface area (Å²) < 4.78 is 53.7. The van der Waals surface area contributed by atoms with E-state index in [4.69, 9.17) is 0 Å². The maximum atomic E-state index is 13.4. The average Bonchev–Trinajstić information content (AvgIpc) is 2.65. The first-order chi connectivity index (χ1) is 12.9. The van der Waals surface area contributed by atoms with Gasteiger partial charge in [0.05, 0.1) is 16.1 Å². The maximum Gasteiger partial charge on any atom is 0.262 e. The van der Waals surface area contributed by atoms with E-state index in [0.717, 1.165) is 44.2 Å². The molecule has 0 bridgehead atoms. The number of anilines is 1. The number of hydrogen-bond donors (Lipinski definition) is 2. The van der Waals surface area contributed by atoms with Gasteiger partial charge in [-0.15, -0.1) is 0 Å². The normalized spacial score (nSPS) is 15.3. The molecule has 0 radical (unpaired) electrons. The minimum absolute atomic E-state index is 0.0714. The molecule has 1 aliphatic carbocycles. The van der Waals surface area contributed by atoms with Gasteiger partial charge in [-0.1, -0.05) is 31.4 Å². The molecule has 8 heteroatoms. The third-order valence-corrected chi connectivity index (χ3v) is 5.92. The Morgan fingerprint density at radius 1 is 0.963 bits per heavy atom. The second kappa shape index (κ2) is 8.04. The summed E-state index contributed by atoms with van der Waals surface area (Å²) in [4.78, 5) is 12.2. The molecule has 0 unspecified atom stereocenters. The van der Waals surface area contributed by atoms with Crippen molar-refractivity contribution in [1.82, 2.24) is 5.32 Å². The van der Waals surface area contributed by atoms with Crippen molar-refractivity contribution in [3.05, 3.63) is 59.7 Å². The highest BCUT2D eigenvalue weighted by Gasteiger charge is 2.22. The molecule has 0 aliphatic heterocycles. The molecule has 0 atom stereocenters. The second-order valence-electron chi connectivity index (χ2n) is 6.54. The van der Waals surface area contributed by atoms with Crippen molar-refractivity contribution < 1.29 is 22.0 Å². The van der Waals surface area contributed by atoms with Crippen LogP contribution in [0.3, 0.4) is 0 Å². The standard InChI is InChI=1S/C19H20F2N2O3S/c20-16-11-10-14(12-17(16)21)27(25,26)23-18-9-5-4-8-15(18)19(24)22-13-6-2-1-3-7-13/h4-5,8-13,23H,1-3,6-7H2,(H,22,24). The van der Waals surface area contributed by atoms with E-state index >= 15 is 0 Å². The molecule has 1 fully saturated rings. The number of hydrogen-bond acceptors (Lipinski definition) is 3. The SMILES string of the molecule is O=C(NC1CCCCC1)c1ccccc1NS(=O)(=O)c1ccc(F)c(F)c1. The van der Waals surface area contributed by atoms with Crippen LogP contribution in [-0.2, 0) is 10.0 Å². The lowest BCUT2D eigenvalue weighted by molar-refractivity contribution is 0.0928. The van der Waals surface area contributed by atoms with Gasteiger partial charge in [-0.3, -0.25) is 9.52 Å². The van der Waals surface area contributed by atoms with E-state index in [2.05, 4.69) is 10.0 Å². The molecule has 1 aliphatic rings. The molecule has 2 aromatic carbocycles. The van der Waals surface area contributed by atoms with Crippen molar-refractivity contribution >= 4 is 21.6 Å². The number of para-hydroxylation sites is 1. The lowest BCUT2D eigenvalue weighted by Crippen LogP contribution is -2.36. The third kappa shape index (κ3) is 4.63. The number of rotatable bonds is 5. The molecule has 5 nitrogen and oxygen atoms in total. The summed E-state index contributed by atoms with van der Waals surface area (Å²) >= 11 is 0. The monoisotopic (exact) mass is 394 g/mol. The highest BCUT2D eigenvalue weighted by molar-refractivity contribution is 7.92. The molecule has 144 valence electrons. The molecule has 0 heterocycles. The molecule has 0 saturated heterocycles. The van der Waals surface area contributed by atoms with Crippen LogP contribution in [0.15, 0.2) is 47.4 Å². The fourth-order valence-electron chi connectivity index (χ4n) is 3.13. The van der Waals surface area contributed by atoms with E-state index < -0.39 is 26.6 Å². The number of sulfonamides is 1. The van der Waals surface area contributed by atoms with Crippen LogP contribution in [-0.4, -0.2) is 20.4 Å². The molecule has 27 heavy (non-hydrogen) atoms. The minimum atomic E-state index is -4.18. The number of nitrogens with one attached hydrogen (secondary N) is 2. The van der Waals surface area contributed by atoms with E-state index in [1.54, 1.807) is 12.1 Å². The summed E-state index contributed by atoms with van der Waals surface area (Å²) in [5.41, 5.74) is 0.254. The lowest BCUT2D eigenvalue weighted by Gasteiger charge is -2.23. The van der Waals surface area contributed by atoms with E-state index in [-0.39, 0.29) is 23.2 Å². The smallest absolute Gasteiger partial charge is 0.262 e. The summed E-state index contributed by atoms with van der Waals surface area (Å²) in [7, 11) is -4.18. The Morgan fingerprint density at radius 3 is 2.37 bits per heavy atom. The van der Waals surface area contributed by atoms with E-state index in [0.29, 0.717) is 6.07 Å². The lowest BCUT2D eigenvalue weighted by atomic mass is 9.95. The summed E-state index contributed by atoms with van der Waals surface area (Å²) in [6, 6.07) is 8.56. The Hall–Kier alpha value is -2.48. The van der Waals surface area contributed by atoms with Crippen LogP contribution in [0.1, 0.15) is 42.5 Å². The highest BCUT2D eigenvalue weighted by Crippen LogP contribution is 2.23. The van der Waals surface area contributed by atoms with Crippen molar-refractivity contribution in [3.63, 3.8) is 0 Å². The van der Waals surface area contributed by atoms with E-state index in [1.165, 1.54) is 12.1 Å². The van der Waals surface area contributed by atoms with Crippen LogP contribution in [0.4, 0.5) is 14.5 Å². The minimum Gasteiger partial charge on any atom is -0.349 e. The molecular weight excluding hydrogens is 374 g/mol. The Bertz CT molecular complexity index is 942. The first kappa shape index (κ1) is 19.3. The third-order valence-electron chi connectivity index (χ3n) is 4.56. The number of carbonyl (C=O) groups excluding carboxylic acids is 1.